The first-order valence-electron chi connectivity index (χ1n) is 8.27. The Balaban J connectivity index is 1.95. The molecule has 0 aliphatic carbocycles. The van der Waals surface area contributed by atoms with E-state index in [2.05, 4.69) is 11.8 Å². The van der Waals surface area contributed by atoms with Gasteiger partial charge in [0.25, 0.3) is 0 Å². The number of nitrogens with zero attached hydrogens (tertiary/aromatic N) is 1. The van der Waals surface area contributed by atoms with E-state index in [0.717, 1.165) is 30.8 Å². The molecule has 2 nitrogen and oxygen atoms in total. The molecule has 0 spiro atoms. The highest BCUT2D eigenvalue weighted by molar-refractivity contribution is 5.36. The van der Waals surface area contributed by atoms with Crippen LogP contribution in [0.15, 0.2) is 60.7 Å². The van der Waals surface area contributed by atoms with E-state index < -0.39 is 5.60 Å². The number of rotatable bonds is 5. The molecule has 2 heteroatoms. The topological polar surface area (TPSA) is 23.5 Å². The number of hydrogen-bond acceptors (Lipinski definition) is 2. The van der Waals surface area contributed by atoms with Crippen LogP contribution in [0.5, 0.6) is 0 Å². The number of benzene rings is 2. The Morgan fingerprint density at radius 2 is 1.36 bits per heavy atom. The van der Waals surface area contributed by atoms with Crippen LogP contribution in [0.3, 0.4) is 0 Å². The third-order valence-electron chi connectivity index (χ3n) is 4.87. The van der Waals surface area contributed by atoms with Gasteiger partial charge in [-0.15, -0.1) is 0 Å². The predicted octanol–water partition coefficient (Wildman–Crippen LogP) is 3.65. The van der Waals surface area contributed by atoms with E-state index in [9.17, 15) is 5.11 Å². The molecule has 1 heterocycles. The van der Waals surface area contributed by atoms with Crippen LogP contribution in [0.1, 0.15) is 30.9 Å². The summed E-state index contributed by atoms with van der Waals surface area (Å²) in [6.07, 6.45) is 2.56. The fourth-order valence-corrected chi connectivity index (χ4v) is 3.60. The quantitative estimate of drug-likeness (QED) is 0.910. The lowest BCUT2D eigenvalue weighted by molar-refractivity contribution is 0.0104. The van der Waals surface area contributed by atoms with Crippen molar-refractivity contribution in [3.63, 3.8) is 0 Å². The summed E-state index contributed by atoms with van der Waals surface area (Å²) in [4.78, 5) is 2.47. The molecule has 0 bridgehead atoms. The van der Waals surface area contributed by atoms with E-state index in [1.807, 2.05) is 60.7 Å². The number of likely N-dealkylation sites (tertiary alicyclic amines) is 1. The molecule has 2 aromatic rings. The van der Waals surface area contributed by atoms with Crippen LogP contribution in [-0.4, -0.2) is 29.6 Å². The van der Waals surface area contributed by atoms with Gasteiger partial charge in [-0.25, -0.2) is 0 Å². The van der Waals surface area contributed by atoms with Crippen molar-refractivity contribution in [2.24, 2.45) is 5.92 Å². The molecule has 1 aliphatic rings. The second-order valence-electron chi connectivity index (χ2n) is 6.41. The summed E-state index contributed by atoms with van der Waals surface area (Å²) in [7, 11) is 0. The molecule has 0 unspecified atom stereocenters. The Hall–Kier alpha value is -1.64. The normalized spacial score (nSPS) is 17.5. The van der Waals surface area contributed by atoms with Crippen molar-refractivity contribution in [1.82, 2.24) is 4.90 Å². The molecule has 2 aromatic carbocycles. The second kappa shape index (κ2) is 6.64. The van der Waals surface area contributed by atoms with Crippen LogP contribution in [0.2, 0.25) is 0 Å². The smallest absolute Gasteiger partial charge is 0.118 e. The molecule has 116 valence electrons. The summed E-state index contributed by atoms with van der Waals surface area (Å²) < 4.78 is 0. The SMILES string of the molecule is C[C@@H](CN1CCCC1)C(O)(c1ccccc1)c1ccccc1. The fraction of sp³-hybridized carbons (Fsp3) is 0.400. The van der Waals surface area contributed by atoms with E-state index in [1.54, 1.807) is 0 Å². The van der Waals surface area contributed by atoms with Gasteiger partial charge in [-0.1, -0.05) is 67.6 Å². The second-order valence-corrected chi connectivity index (χ2v) is 6.41. The Kier molecular flexibility index (Phi) is 4.60. The van der Waals surface area contributed by atoms with E-state index in [4.69, 9.17) is 0 Å². The molecule has 0 saturated carbocycles. The lowest BCUT2D eigenvalue weighted by Gasteiger charge is -2.37. The maximum absolute atomic E-state index is 11.7. The van der Waals surface area contributed by atoms with Gasteiger partial charge in [0.05, 0.1) is 0 Å². The fourth-order valence-electron chi connectivity index (χ4n) is 3.60. The number of hydrogen-bond donors (Lipinski definition) is 1. The molecule has 1 aliphatic heterocycles. The Bertz CT molecular complexity index is 536. The Morgan fingerprint density at radius 3 is 1.82 bits per heavy atom. The van der Waals surface area contributed by atoms with Gasteiger partial charge in [0, 0.05) is 12.5 Å². The van der Waals surface area contributed by atoms with Gasteiger partial charge in [0.2, 0.25) is 0 Å². The summed E-state index contributed by atoms with van der Waals surface area (Å²) in [5, 5.41) is 11.7. The highest BCUT2D eigenvalue weighted by atomic mass is 16.3. The van der Waals surface area contributed by atoms with Crippen LogP contribution in [0.4, 0.5) is 0 Å². The van der Waals surface area contributed by atoms with Crippen molar-refractivity contribution in [3.8, 4) is 0 Å². The highest BCUT2D eigenvalue weighted by Crippen LogP contribution is 2.37. The summed E-state index contributed by atoms with van der Waals surface area (Å²) in [6.45, 7) is 5.41. The van der Waals surface area contributed by atoms with E-state index in [0.29, 0.717) is 0 Å². The molecule has 1 fully saturated rings. The lowest BCUT2D eigenvalue weighted by Crippen LogP contribution is -2.41. The molecule has 0 radical (unpaired) electrons. The molecule has 22 heavy (non-hydrogen) atoms. The number of aliphatic hydroxyl groups is 1. The molecule has 3 rings (SSSR count). The average molecular weight is 295 g/mol. The highest BCUT2D eigenvalue weighted by Gasteiger charge is 2.38. The third-order valence-corrected chi connectivity index (χ3v) is 4.87. The molecule has 1 saturated heterocycles. The van der Waals surface area contributed by atoms with Gasteiger partial charge in [0.1, 0.15) is 5.60 Å². The first-order valence-corrected chi connectivity index (χ1v) is 8.27. The lowest BCUT2D eigenvalue weighted by atomic mass is 9.76. The first-order chi connectivity index (χ1) is 10.7. The Labute approximate surface area is 133 Å². The zero-order chi connectivity index (χ0) is 15.4. The van der Waals surface area contributed by atoms with Gasteiger partial charge in [-0.3, -0.25) is 0 Å². The predicted molar refractivity (Wildman–Crippen MR) is 90.7 cm³/mol. The van der Waals surface area contributed by atoms with Crippen molar-refractivity contribution in [3.05, 3.63) is 71.8 Å². The minimum absolute atomic E-state index is 0.135. The van der Waals surface area contributed by atoms with Crippen LogP contribution in [0.25, 0.3) is 0 Å². The average Bonchev–Trinajstić information content (AvgIpc) is 3.08. The minimum Gasteiger partial charge on any atom is -0.380 e. The molecule has 0 amide bonds. The summed E-state index contributed by atoms with van der Waals surface area (Å²) in [5.74, 6) is 0.135. The zero-order valence-electron chi connectivity index (χ0n) is 13.3. The molecule has 1 N–H and O–H groups in total. The molecule has 0 aromatic heterocycles. The van der Waals surface area contributed by atoms with Crippen LogP contribution in [-0.2, 0) is 5.60 Å². The van der Waals surface area contributed by atoms with Gasteiger partial charge in [0.15, 0.2) is 0 Å². The van der Waals surface area contributed by atoms with Gasteiger partial charge in [-0.05, 0) is 37.1 Å². The summed E-state index contributed by atoms with van der Waals surface area (Å²) in [5.41, 5.74) is 1.02. The molecular formula is C20H25NO. The van der Waals surface area contributed by atoms with Crippen molar-refractivity contribution < 1.29 is 5.11 Å². The van der Waals surface area contributed by atoms with Crippen molar-refractivity contribution in [2.75, 3.05) is 19.6 Å². The zero-order valence-corrected chi connectivity index (χ0v) is 13.3. The van der Waals surface area contributed by atoms with Crippen LogP contribution < -0.4 is 0 Å². The van der Waals surface area contributed by atoms with Crippen LogP contribution in [0, 0.1) is 5.92 Å². The van der Waals surface area contributed by atoms with Gasteiger partial charge < -0.3 is 10.0 Å². The largest absolute Gasteiger partial charge is 0.380 e. The molecular weight excluding hydrogens is 270 g/mol. The summed E-state index contributed by atoms with van der Waals surface area (Å²) >= 11 is 0. The Morgan fingerprint density at radius 1 is 0.909 bits per heavy atom. The van der Waals surface area contributed by atoms with Crippen LogP contribution >= 0.6 is 0 Å². The minimum atomic E-state index is -0.939. The first kappa shape index (κ1) is 15.3. The van der Waals surface area contributed by atoms with E-state index in [1.165, 1.54) is 12.8 Å². The molecule has 1 atom stereocenters. The maximum atomic E-state index is 11.7. The summed E-state index contributed by atoms with van der Waals surface area (Å²) in [6, 6.07) is 20.2. The monoisotopic (exact) mass is 295 g/mol. The van der Waals surface area contributed by atoms with Crippen molar-refractivity contribution in [1.29, 1.82) is 0 Å². The van der Waals surface area contributed by atoms with Gasteiger partial charge in [-0.2, -0.15) is 0 Å². The maximum Gasteiger partial charge on any atom is 0.118 e. The van der Waals surface area contributed by atoms with E-state index in [-0.39, 0.29) is 5.92 Å². The van der Waals surface area contributed by atoms with Crippen molar-refractivity contribution >= 4 is 0 Å². The van der Waals surface area contributed by atoms with Crippen molar-refractivity contribution in [2.45, 2.75) is 25.4 Å². The third kappa shape index (κ3) is 2.94. The standard InChI is InChI=1S/C20H25NO/c1-17(16-21-14-8-9-15-21)20(22,18-10-4-2-5-11-18)19-12-6-3-7-13-19/h2-7,10-13,17,22H,8-9,14-16H2,1H3/t17-/m0/s1. The van der Waals surface area contributed by atoms with Gasteiger partial charge >= 0.3 is 0 Å². The van der Waals surface area contributed by atoms with E-state index >= 15 is 0 Å².